The molecule has 7 heteroatoms. The molecule has 0 unspecified atom stereocenters. The molecule has 0 amide bonds. The minimum absolute atomic E-state index is 0.0532. The zero-order valence-electron chi connectivity index (χ0n) is 11.1. The molecule has 0 spiro atoms. The van der Waals surface area contributed by atoms with Crippen LogP contribution in [0, 0.1) is 16.0 Å². The van der Waals surface area contributed by atoms with Gasteiger partial charge in [-0.3, -0.25) is 0 Å². The number of hydrogen-bond acceptors (Lipinski definition) is 4. The first kappa shape index (κ1) is 15.7. The molecular formula is C14H11ClN2O2S2. The van der Waals surface area contributed by atoms with Crippen LogP contribution >= 0.6 is 23.8 Å². The van der Waals surface area contributed by atoms with E-state index in [4.69, 9.17) is 23.8 Å². The molecule has 0 aliphatic rings. The first-order valence-corrected chi connectivity index (χ1v) is 8.49. The number of hydrogen-bond donors (Lipinski definition) is 1. The molecule has 0 bridgehead atoms. The van der Waals surface area contributed by atoms with Crippen LogP contribution in [-0.2, 0) is 9.84 Å². The van der Waals surface area contributed by atoms with Gasteiger partial charge in [-0.1, -0.05) is 42.9 Å². The molecule has 0 radical (unpaired) electrons. The number of nitrogens with zero attached hydrogens (tertiary/aromatic N) is 1. The normalized spacial score (nSPS) is 11.1. The largest absolute Gasteiger partial charge is 0.350 e. The Morgan fingerprint density at radius 2 is 2.14 bits per heavy atom. The van der Waals surface area contributed by atoms with Crippen molar-refractivity contribution in [1.29, 1.82) is 5.26 Å². The van der Waals surface area contributed by atoms with Gasteiger partial charge in [-0.05, 0) is 17.7 Å². The molecule has 1 aromatic heterocycles. The lowest BCUT2D eigenvalue weighted by atomic mass is 10.0. The highest BCUT2D eigenvalue weighted by atomic mass is 35.5. The summed E-state index contributed by atoms with van der Waals surface area (Å²) >= 11 is 11.0. The van der Waals surface area contributed by atoms with Crippen molar-refractivity contribution in [3.05, 3.63) is 45.7 Å². The van der Waals surface area contributed by atoms with Crippen molar-refractivity contribution in [3.8, 4) is 17.2 Å². The van der Waals surface area contributed by atoms with Gasteiger partial charge < -0.3 is 4.98 Å². The van der Waals surface area contributed by atoms with Crippen LogP contribution in [0.3, 0.4) is 0 Å². The zero-order chi connectivity index (χ0) is 15.6. The van der Waals surface area contributed by atoms with E-state index in [2.05, 4.69) is 4.98 Å². The standard InChI is InChI=1S/C14H11ClN2O2S2/c1-2-21(18,19)12-8-17-14(20)11(7-16)13(12)9-4-3-5-10(15)6-9/h3-6,8H,2H2,1H3,(H,17,20). The lowest BCUT2D eigenvalue weighted by molar-refractivity contribution is 0.597. The quantitative estimate of drug-likeness (QED) is 0.865. The average molecular weight is 339 g/mol. The van der Waals surface area contributed by atoms with Crippen LogP contribution in [0.4, 0.5) is 0 Å². The second-order valence-corrected chi connectivity index (χ2v) is 7.35. The van der Waals surface area contributed by atoms with Crippen LogP contribution in [0.25, 0.3) is 11.1 Å². The number of halogens is 1. The Bertz CT molecular complexity index is 896. The molecular weight excluding hydrogens is 328 g/mol. The third-order valence-electron chi connectivity index (χ3n) is 3.00. The third-order valence-corrected chi connectivity index (χ3v) is 5.31. The average Bonchev–Trinajstić information content (AvgIpc) is 2.46. The van der Waals surface area contributed by atoms with Crippen LogP contribution in [-0.4, -0.2) is 19.2 Å². The molecule has 0 aliphatic heterocycles. The van der Waals surface area contributed by atoms with Crippen LogP contribution in [0.5, 0.6) is 0 Å². The molecule has 2 rings (SSSR count). The lowest BCUT2D eigenvalue weighted by Gasteiger charge is -2.12. The third kappa shape index (κ3) is 3.00. The second kappa shape index (κ2) is 5.98. The minimum Gasteiger partial charge on any atom is -0.350 e. The Morgan fingerprint density at radius 3 is 2.71 bits per heavy atom. The van der Waals surface area contributed by atoms with Gasteiger partial charge in [0.15, 0.2) is 9.84 Å². The van der Waals surface area contributed by atoms with Gasteiger partial charge in [0.1, 0.15) is 10.7 Å². The highest BCUT2D eigenvalue weighted by molar-refractivity contribution is 7.91. The molecule has 0 saturated heterocycles. The SMILES string of the molecule is CCS(=O)(=O)c1c[nH]c(=S)c(C#N)c1-c1cccc(Cl)c1. The molecule has 2 aromatic rings. The molecule has 0 atom stereocenters. The smallest absolute Gasteiger partial charge is 0.180 e. The fourth-order valence-corrected chi connectivity index (χ4v) is 3.43. The van der Waals surface area contributed by atoms with Crippen molar-refractivity contribution in [3.63, 3.8) is 0 Å². The number of nitrogens with one attached hydrogen (secondary N) is 1. The molecule has 0 saturated carbocycles. The van der Waals surface area contributed by atoms with Gasteiger partial charge in [-0.25, -0.2) is 8.42 Å². The number of nitriles is 1. The van der Waals surface area contributed by atoms with Crippen molar-refractivity contribution >= 4 is 33.7 Å². The maximum atomic E-state index is 12.3. The van der Waals surface area contributed by atoms with E-state index in [0.29, 0.717) is 16.1 Å². The molecule has 21 heavy (non-hydrogen) atoms. The summed E-state index contributed by atoms with van der Waals surface area (Å²) in [5.41, 5.74) is 0.971. The fourth-order valence-electron chi connectivity index (χ4n) is 1.95. The van der Waals surface area contributed by atoms with Gasteiger partial charge in [-0.2, -0.15) is 5.26 Å². The van der Waals surface area contributed by atoms with E-state index in [1.165, 1.54) is 6.20 Å². The molecule has 0 aliphatic carbocycles. The lowest BCUT2D eigenvalue weighted by Crippen LogP contribution is -2.08. The topological polar surface area (TPSA) is 73.7 Å². The van der Waals surface area contributed by atoms with E-state index in [0.717, 1.165) is 0 Å². The van der Waals surface area contributed by atoms with Gasteiger partial charge >= 0.3 is 0 Å². The predicted octanol–water partition coefficient (Wildman–Crippen LogP) is 3.73. The van der Waals surface area contributed by atoms with E-state index >= 15 is 0 Å². The number of aromatic amines is 1. The van der Waals surface area contributed by atoms with Crippen molar-refractivity contribution in [2.45, 2.75) is 11.8 Å². The molecule has 0 fully saturated rings. The maximum absolute atomic E-state index is 12.3. The fraction of sp³-hybridized carbons (Fsp3) is 0.143. The van der Waals surface area contributed by atoms with E-state index in [-0.39, 0.29) is 20.9 Å². The number of pyridine rings is 1. The summed E-state index contributed by atoms with van der Waals surface area (Å²) in [6, 6.07) is 8.66. The van der Waals surface area contributed by atoms with Crippen LogP contribution in [0.15, 0.2) is 35.4 Å². The highest BCUT2D eigenvalue weighted by Gasteiger charge is 2.22. The summed E-state index contributed by atoms with van der Waals surface area (Å²) < 4.78 is 24.7. The Morgan fingerprint density at radius 1 is 1.43 bits per heavy atom. The Kier molecular flexibility index (Phi) is 4.47. The molecule has 1 heterocycles. The number of sulfone groups is 1. The van der Waals surface area contributed by atoms with Crippen molar-refractivity contribution in [2.75, 3.05) is 5.75 Å². The Labute approximate surface area is 132 Å². The summed E-state index contributed by atoms with van der Waals surface area (Å²) in [7, 11) is -3.51. The van der Waals surface area contributed by atoms with E-state index in [9.17, 15) is 13.7 Å². The summed E-state index contributed by atoms with van der Waals surface area (Å²) in [5, 5.41) is 9.78. The Balaban J connectivity index is 2.95. The summed E-state index contributed by atoms with van der Waals surface area (Å²) in [6.07, 6.45) is 1.33. The van der Waals surface area contributed by atoms with Gasteiger partial charge in [0.25, 0.3) is 0 Å². The number of benzene rings is 1. The maximum Gasteiger partial charge on any atom is 0.180 e. The van der Waals surface area contributed by atoms with Crippen LogP contribution in [0.1, 0.15) is 12.5 Å². The number of aromatic nitrogens is 1. The predicted molar refractivity (Wildman–Crippen MR) is 84.5 cm³/mol. The van der Waals surface area contributed by atoms with Gasteiger partial charge in [0.2, 0.25) is 0 Å². The molecule has 1 aromatic carbocycles. The van der Waals surface area contributed by atoms with Gasteiger partial charge in [-0.15, -0.1) is 0 Å². The first-order chi connectivity index (χ1) is 9.90. The molecule has 1 N–H and O–H groups in total. The number of H-pyrrole nitrogens is 1. The monoisotopic (exact) mass is 338 g/mol. The van der Waals surface area contributed by atoms with Crippen LogP contribution < -0.4 is 0 Å². The molecule has 4 nitrogen and oxygen atoms in total. The minimum atomic E-state index is -3.51. The summed E-state index contributed by atoms with van der Waals surface area (Å²) in [4.78, 5) is 2.72. The van der Waals surface area contributed by atoms with Crippen molar-refractivity contribution in [2.24, 2.45) is 0 Å². The zero-order valence-corrected chi connectivity index (χ0v) is 13.4. The van der Waals surface area contributed by atoms with E-state index in [1.807, 2.05) is 6.07 Å². The van der Waals surface area contributed by atoms with Gasteiger partial charge in [0.05, 0.1) is 16.2 Å². The van der Waals surface area contributed by atoms with E-state index < -0.39 is 9.84 Å². The van der Waals surface area contributed by atoms with Gasteiger partial charge in [0, 0.05) is 16.8 Å². The van der Waals surface area contributed by atoms with Crippen LogP contribution in [0.2, 0.25) is 5.02 Å². The molecule has 108 valence electrons. The van der Waals surface area contributed by atoms with E-state index in [1.54, 1.807) is 31.2 Å². The van der Waals surface area contributed by atoms with Crippen molar-refractivity contribution < 1.29 is 8.42 Å². The first-order valence-electron chi connectivity index (χ1n) is 6.05. The number of rotatable bonds is 3. The summed E-state index contributed by atoms with van der Waals surface area (Å²) in [6.45, 7) is 1.55. The second-order valence-electron chi connectivity index (χ2n) is 4.26. The summed E-state index contributed by atoms with van der Waals surface area (Å²) in [5.74, 6) is -0.0734. The Hall–Kier alpha value is -1.68. The highest BCUT2D eigenvalue weighted by Crippen LogP contribution is 2.32. The van der Waals surface area contributed by atoms with Crippen molar-refractivity contribution in [1.82, 2.24) is 4.98 Å².